The van der Waals surface area contributed by atoms with E-state index in [1.165, 1.54) is 0 Å². The molecule has 0 aromatic carbocycles. The van der Waals surface area contributed by atoms with Crippen LogP contribution < -0.4 is 11.1 Å². The number of carbonyl (C=O) groups excluding carboxylic acids is 2. The lowest BCUT2D eigenvalue weighted by atomic mass is 10.1. The molecule has 4 N–H and O–H groups in total. The zero-order valence-electron chi connectivity index (χ0n) is 15.3. The van der Waals surface area contributed by atoms with Crippen LogP contribution in [0.1, 0.15) is 58.8 Å². The predicted molar refractivity (Wildman–Crippen MR) is 92.9 cm³/mol. The molecular formula is C17H32N3O5+. The summed E-state index contributed by atoms with van der Waals surface area (Å²) < 4.78 is 4.45. The van der Waals surface area contributed by atoms with E-state index in [0.717, 1.165) is 12.8 Å². The third-order valence-electron chi connectivity index (χ3n) is 4.89. The van der Waals surface area contributed by atoms with Gasteiger partial charge in [-0.15, -0.1) is 0 Å². The second-order valence-electron chi connectivity index (χ2n) is 6.68. The first kappa shape index (κ1) is 21.4. The van der Waals surface area contributed by atoms with Gasteiger partial charge in [0.05, 0.1) is 13.2 Å². The first-order valence-corrected chi connectivity index (χ1v) is 9.19. The first-order chi connectivity index (χ1) is 11.9. The summed E-state index contributed by atoms with van der Waals surface area (Å²) >= 11 is 0. The topological polar surface area (TPSA) is 119 Å². The molecular weight excluding hydrogens is 326 g/mol. The molecule has 0 spiro atoms. The van der Waals surface area contributed by atoms with E-state index >= 15 is 0 Å². The Kier molecular flexibility index (Phi) is 8.85. The number of quaternary nitrogens is 1. The molecule has 0 aliphatic carbocycles. The summed E-state index contributed by atoms with van der Waals surface area (Å²) in [7, 11) is 0. The summed E-state index contributed by atoms with van der Waals surface area (Å²) in [6.45, 7) is 4.78. The molecule has 3 amide bonds. The largest absolute Gasteiger partial charge is 0.521 e. The van der Waals surface area contributed by atoms with Gasteiger partial charge in [0.1, 0.15) is 12.1 Å². The Labute approximate surface area is 149 Å². The highest BCUT2D eigenvalue weighted by Gasteiger charge is 2.55. The number of likely N-dealkylation sites (tertiary alicyclic amines) is 1. The molecule has 0 saturated carbocycles. The zero-order chi connectivity index (χ0) is 18.9. The minimum Gasteiger partial charge on any atom is -0.450 e. The first-order valence-electron chi connectivity index (χ1n) is 9.19. The Morgan fingerprint density at radius 3 is 2.56 bits per heavy atom. The molecule has 0 bridgehead atoms. The Balaban J connectivity index is 2.87. The van der Waals surface area contributed by atoms with Gasteiger partial charge in [0.25, 0.3) is 0 Å². The maximum Gasteiger partial charge on any atom is 0.521 e. The third kappa shape index (κ3) is 5.40. The minimum absolute atomic E-state index is 0.259. The Hall–Kier alpha value is -1.67. The molecule has 3 atom stereocenters. The average molecular weight is 358 g/mol. The Morgan fingerprint density at radius 2 is 2.04 bits per heavy atom. The van der Waals surface area contributed by atoms with Gasteiger partial charge >= 0.3 is 18.1 Å². The maximum atomic E-state index is 13.1. The van der Waals surface area contributed by atoms with Crippen LogP contribution >= 0.6 is 0 Å². The number of ether oxygens (including phenoxy) is 1. The van der Waals surface area contributed by atoms with Crippen LogP contribution in [0, 0.1) is 0 Å². The van der Waals surface area contributed by atoms with Crippen molar-refractivity contribution < 1.29 is 28.7 Å². The molecule has 1 fully saturated rings. The van der Waals surface area contributed by atoms with Crippen LogP contribution in [0.15, 0.2) is 0 Å². The van der Waals surface area contributed by atoms with E-state index in [9.17, 15) is 19.5 Å². The number of hydrogen-bond acceptors (Lipinski definition) is 5. The highest BCUT2D eigenvalue weighted by Crippen LogP contribution is 2.29. The highest BCUT2D eigenvalue weighted by molar-refractivity contribution is 5.87. The summed E-state index contributed by atoms with van der Waals surface area (Å²) in [6.07, 6.45) is 2.86. The van der Waals surface area contributed by atoms with Crippen molar-refractivity contribution in [2.24, 2.45) is 5.73 Å². The van der Waals surface area contributed by atoms with Crippen LogP contribution in [0.4, 0.5) is 9.59 Å². The van der Waals surface area contributed by atoms with Crippen molar-refractivity contribution >= 4 is 18.1 Å². The van der Waals surface area contributed by atoms with E-state index in [0.29, 0.717) is 38.6 Å². The normalized spacial score (nSPS) is 23.9. The van der Waals surface area contributed by atoms with Crippen molar-refractivity contribution in [3.8, 4) is 0 Å². The van der Waals surface area contributed by atoms with E-state index in [1.807, 2.05) is 6.92 Å². The lowest BCUT2D eigenvalue weighted by Crippen LogP contribution is -2.64. The molecule has 1 saturated heterocycles. The van der Waals surface area contributed by atoms with Gasteiger partial charge in [-0.05, 0) is 39.2 Å². The van der Waals surface area contributed by atoms with Crippen LogP contribution in [0.2, 0.25) is 0 Å². The van der Waals surface area contributed by atoms with Crippen molar-refractivity contribution in [2.75, 3.05) is 19.7 Å². The SMILES string of the molecule is CCCCOC(=O)N[C@@H](CCCCN)C(=O)[N+]1(C(=O)O)CCC[C@H]1C. The fraction of sp³-hybridized carbons (Fsp3) is 0.824. The van der Waals surface area contributed by atoms with Gasteiger partial charge in [0, 0.05) is 12.8 Å². The van der Waals surface area contributed by atoms with Gasteiger partial charge in [0.2, 0.25) is 0 Å². The molecule has 1 aliphatic heterocycles. The molecule has 0 aromatic heterocycles. The van der Waals surface area contributed by atoms with Crippen molar-refractivity contribution in [3.63, 3.8) is 0 Å². The Bertz CT molecular complexity index is 471. The lowest BCUT2D eigenvalue weighted by molar-refractivity contribution is -0.793. The average Bonchev–Trinajstić information content (AvgIpc) is 2.96. The second kappa shape index (κ2) is 10.4. The number of carboxylic acid groups (broad SMARTS) is 1. The van der Waals surface area contributed by atoms with E-state index in [2.05, 4.69) is 5.32 Å². The summed E-state index contributed by atoms with van der Waals surface area (Å²) in [6, 6.07) is -1.18. The number of hydrogen-bond donors (Lipinski definition) is 3. The summed E-state index contributed by atoms with van der Waals surface area (Å²) in [5, 5.41) is 12.3. The molecule has 25 heavy (non-hydrogen) atoms. The van der Waals surface area contributed by atoms with Gasteiger partial charge in [-0.3, -0.25) is 0 Å². The summed E-state index contributed by atoms with van der Waals surface area (Å²) in [4.78, 5) is 36.9. The molecule has 1 rings (SSSR count). The van der Waals surface area contributed by atoms with E-state index in [-0.39, 0.29) is 19.2 Å². The molecule has 0 aromatic rings. The number of carbonyl (C=O) groups is 3. The van der Waals surface area contributed by atoms with Gasteiger partial charge in [0.15, 0.2) is 0 Å². The van der Waals surface area contributed by atoms with Gasteiger partial charge in [-0.1, -0.05) is 13.3 Å². The fourth-order valence-corrected chi connectivity index (χ4v) is 3.30. The third-order valence-corrected chi connectivity index (χ3v) is 4.89. The standard InChI is InChI=1S/C17H31N3O5/c1-3-4-12-25-16(22)19-14(9-5-6-10-18)15(21)20(17(23)24)11-7-8-13(20)2/h13-14H,3-12,18H2,1-2H3,(H-,19,22,23,24)/p+1/t13-,14+,20?/m1/s1. The lowest BCUT2D eigenvalue weighted by Gasteiger charge is -2.32. The molecule has 1 heterocycles. The van der Waals surface area contributed by atoms with Crippen molar-refractivity contribution in [1.82, 2.24) is 5.32 Å². The second-order valence-corrected chi connectivity index (χ2v) is 6.68. The predicted octanol–water partition coefficient (Wildman–Crippen LogP) is 2.21. The van der Waals surface area contributed by atoms with Crippen LogP contribution in [0.5, 0.6) is 0 Å². The summed E-state index contributed by atoms with van der Waals surface area (Å²) in [5.74, 6) is -0.470. The van der Waals surface area contributed by atoms with Crippen molar-refractivity contribution in [1.29, 1.82) is 0 Å². The van der Waals surface area contributed by atoms with Crippen molar-refractivity contribution in [3.05, 3.63) is 0 Å². The monoisotopic (exact) mass is 358 g/mol. The minimum atomic E-state index is -1.15. The smallest absolute Gasteiger partial charge is 0.450 e. The van der Waals surface area contributed by atoms with Gasteiger partial charge < -0.3 is 20.9 Å². The number of nitrogens with two attached hydrogens (primary N) is 1. The van der Waals surface area contributed by atoms with E-state index in [1.54, 1.807) is 6.92 Å². The number of rotatable bonds is 9. The van der Waals surface area contributed by atoms with Crippen molar-refractivity contribution in [2.45, 2.75) is 70.9 Å². The molecule has 1 aliphatic rings. The number of nitrogens with one attached hydrogen (secondary N) is 1. The van der Waals surface area contributed by atoms with Gasteiger partial charge in [-0.25, -0.2) is 9.59 Å². The number of alkyl carbamates (subject to hydrolysis) is 1. The van der Waals surface area contributed by atoms with E-state index < -0.39 is 28.6 Å². The number of imide groups is 1. The number of unbranched alkanes of at least 4 members (excludes halogenated alkanes) is 2. The molecule has 8 heteroatoms. The van der Waals surface area contributed by atoms with Crippen LogP contribution in [-0.4, -0.2) is 59.5 Å². The zero-order valence-corrected chi connectivity index (χ0v) is 15.3. The molecule has 8 nitrogen and oxygen atoms in total. The maximum absolute atomic E-state index is 13.1. The molecule has 0 radical (unpaired) electrons. The van der Waals surface area contributed by atoms with Gasteiger partial charge in [-0.2, -0.15) is 9.28 Å². The molecule has 1 unspecified atom stereocenters. The molecule has 144 valence electrons. The Morgan fingerprint density at radius 1 is 1.32 bits per heavy atom. The number of nitrogens with zero attached hydrogens (tertiary/aromatic N) is 1. The highest BCUT2D eigenvalue weighted by atomic mass is 16.5. The van der Waals surface area contributed by atoms with Crippen LogP contribution in [0.25, 0.3) is 0 Å². The fourth-order valence-electron chi connectivity index (χ4n) is 3.30. The quantitative estimate of drug-likeness (QED) is 0.429. The summed E-state index contributed by atoms with van der Waals surface area (Å²) in [5.41, 5.74) is 5.50. The van der Waals surface area contributed by atoms with Crippen LogP contribution in [0.3, 0.4) is 0 Å². The van der Waals surface area contributed by atoms with Crippen LogP contribution in [-0.2, 0) is 9.53 Å². The van der Waals surface area contributed by atoms with E-state index in [4.69, 9.17) is 10.5 Å². The number of amides is 3.